The number of fused-ring (bicyclic) bond motifs is 9. The molecule has 6 rings (SSSR count). The van der Waals surface area contributed by atoms with E-state index in [0.29, 0.717) is 0 Å². The average Bonchev–Trinajstić information content (AvgIpc) is 3.37. The molecular weight excluding hydrogens is 408 g/mol. The molecule has 0 heteroatoms. The Balaban J connectivity index is 2.00. The molecule has 0 atom stereocenters. The van der Waals surface area contributed by atoms with Crippen LogP contribution in [0.2, 0.25) is 0 Å². The molecule has 0 heterocycles. The van der Waals surface area contributed by atoms with Crippen molar-refractivity contribution in [2.75, 3.05) is 0 Å². The smallest absolute Gasteiger partial charge is 0.00576 e. The lowest BCUT2D eigenvalue weighted by Gasteiger charge is -2.25. The maximum atomic E-state index is 2.46. The third-order valence-corrected chi connectivity index (χ3v) is 9.54. The Morgan fingerprint density at radius 1 is 0.353 bits per heavy atom. The Labute approximate surface area is 204 Å². The number of allylic oxidation sites excluding steroid dienone is 2. The fraction of sp³-hybridized carbons (Fsp3) is 0.353. The summed E-state index contributed by atoms with van der Waals surface area (Å²) in [4.78, 5) is 0. The molecule has 0 radical (unpaired) electrons. The Bertz CT molecular complexity index is 1590. The predicted octanol–water partition coefficient (Wildman–Crippen LogP) is 9.53. The number of hydrogen-bond donors (Lipinski definition) is 0. The van der Waals surface area contributed by atoms with Gasteiger partial charge in [0.05, 0.1) is 0 Å². The minimum Gasteiger partial charge on any atom is -0.0683 e. The zero-order valence-electron chi connectivity index (χ0n) is 22.6. The average molecular weight is 445 g/mol. The molecule has 0 N–H and O–H groups in total. The molecule has 4 aromatic rings. The van der Waals surface area contributed by atoms with Crippen molar-refractivity contribution >= 4 is 44.5 Å². The van der Waals surface area contributed by atoms with Gasteiger partial charge in [0.15, 0.2) is 0 Å². The highest BCUT2D eigenvalue weighted by atomic mass is 14.3. The van der Waals surface area contributed by atoms with Crippen molar-refractivity contribution in [1.29, 1.82) is 0 Å². The van der Waals surface area contributed by atoms with E-state index in [1.165, 1.54) is 99.1 Å². The van der Waals surface area contributed by atoms with E-state index in [2.05, 4.69) is 81.4 Å². The second-order valence-corrected chi connectivity index (χ2v) is 11.4. The molecule has 0 saturated carbocycles. The fourth-order valence-electron chi connectivity index (χ4n) is 7.26. The Hall–Kier alpha value is -2.86. The van der Waals surface area contributed by atoms with Crippen molar-refractivity contribution in [2.24, 2.45) is 0 Å². The van der Waals surface area contributed by atoms with Crippen LogP contribution in [-0.2, 0) is 12.8 Å². The first kappa shape index (κ1) is 21.7. The molecule has 172 valence electrons. The molecule has 0 amide bonds. The molecule has 0 fully saturated rings. The summed E-state index contributed by atoms with van der Waals surface area (Å²) in [5.74, 6) is 0. The lowest BCUT2D eigenvalue weighted by molar-refractivity contribution is 1.15. The van der Waals surface area contributed by atoms with E-state index in [1.807, 2.05) is 0 Å². The molecule has 34 heavy (non-hydrogen) atoms. The second-order valence-electron chi connectivity index (χ2n) is 11.4. The van der Waals surface area contributed by atoms with Gasteiger partial charge in [0.25, 0.3) is 0 Å². The van der Waals surface area contributed by atoms with Gasteiger partial charge in [0.1, 0.15) is 0 Å². The highest BCUT2D eigenvalue weighted by Crippen LogP contribution is 2.49. The molecule has 0 unspecified atom stereocenters. The van der Waals surface area contributed by atoms with Gasteiger partial charge in [0, 0.05) is 0 Å². The summed E-state index contributed by atoms with van der Waals surface area (Å²) in [7, 11) is 0. The number of benzene rings is 4. The van der Waals surface area contributed by atoms with E-state index < -0.39 is 0 Å². The molecule has 4 aromatic carbocycles. The van der Waals surface area contributed by atoms with Crippen LogP contribution in [0.5, 0.6) is 0 Å². The van der Waals surface area contributed by atoms with Crippen molar-refractivity contribution in [3.05, 3.63) is 77.9 Å². The van der Waals surface area contributed by atoms with Gasteiger partial charge < -0.3 is 0 Å². The second kappa shape index (κ2) is 6.85. The standard InChI is InChI=1S/C34H36/c1-15-11-25-17(3)19(5)31-29(27(25)13-15)21(7)23(9)34-32-20(6)18(4)26-12-16(2)14-28(26)30(32)22(8)24(10)33(31)34/h13-14H,11-12H2,1-10H3. The van der Waals surface area contributed by atoms with E-state index >= 15 is 0 Å². The zero-order chi connectivity index (χ0) is 24.4. The predicted molar refractivity (Wildman–Crippen MR) is 152 cm³/mol. The van der Waals surface area contributed by atoms with E-state index in [0.717, 1.165) is 12.8 Å². The van der Waals surface area contributed by atoms with Crippen LogP contribution in [0.25, 0.3) is 44.5 Å². The third kappa shape index (κ3) is 2.45. The summed E-state index contributed by atoms with van der Waals surface area (Å²) in [6, 6.07) is 0. The Morgan fingerprint density at radius 3 is 0.971 bits per heavy atom. The lowest BCUT2D eigenvalue weighted by Crippen LogP contribution is -2.04. The minimum absolute atomic E-state index is 1.10. The molecule has 0 saturated heterocycles. The summed E-state index contributed by atoms with van der Waals surface area (Å²) < 4.78 is 0. The highest BCUT2D eigenvalue weighted by molar-refractivity contribution is 6.26. The van der Waals surface area contributed by atoms with Crippen molar-refractivity contribution in [3.8, 4) is 0 Å². The Kier molecular flexibility index (Phi) is 4.36. The summed E-state index contributed by atoms with van der Waals surface area (Å²) in [6.07, 6.45) is 7.11. The van der Waals surface area contributed by atoms with Gasteiger partial charge in [-0.3, -0.25) is 0 Å². The summed E-state index contributed by atoms with van der Waals surface area (Å²) in [5, 5.41) is 8.96. The molecule has 2 aliphatic rings. The molecule has 0 nitrogen and oxygen atoms in total. The van der Waals surface area contributed by atoms with Crippen molar-refractivity contribution in [2.45, 2.75) is 82.1 Å². The fourth-order valence-corrected chi connectivity index (χ4v) is 7.26. The zero-order valence-corrected chi connectivity index (χ0v) is 22.6. The molecular formula is C34H36. The van der Waals surface area contributed by atoms with E-state index in [1.54, 1.807) is 11.1 Å². The quantitative estimate of drug-likeness (QED) is 0.237. The normalized spacial score (nSPS) is 14.9. The summed E-state index contributed by atoms with van der Waals surface area (Å²) >= 11 is 0. The minimum atomic E-state index is 1.10. The van der Waals surface area contributed by atoms with Gasteiger partial charge in [-0.15, -0.1) is 0 Å². The lowest BCUT2D eigenvalue weighted by atomic mass is 9.78. The first-order valence-corrected chi connectivity index (χ1v) is 12.8. The SMILES string of the molecule is CC1=Cc2c(c(C)c(C)c3c2c(C)c(C)c2c4c(C)c(C)c5c(c4c(C)c(C)c32)C=C(C)C5)C1. The third-order valence-electron chi connectivity index (χ3n) is 9.54. The molecule has 0 aromatic heterocycles. The largest absolute Gasteiger partial charge is 0.0683 e. The van der Waals surface area contributed by atoms with Crippen LogP contribution < -0.4 is 0 Å². The van der Waals surface area contributed by atoms with Gasteiger partial charge in [-0.2, -0.15) is 0 Å². The van der Waals surface area contributed by atoms with Crippen LogP contribution in [-0.4, -0.2) is 0 Å². The number of hydrogen-bond acceptors (Lipinski definition) is 0. The van der Waals surface area contributed by atoms with Crippen molar-refractivity contribution < 1.29 is 0 Å². The van der Waals surface area contributed by atoms with E-state index in [9.17, 15) is 0 Å². The van der Waals surface area contributed by atoms with Crippen LogP contribution in [0.3, 0.4) is 0 Å². The van der Waals surface area contributed by atoms with Gasteiger partial charge >= 0.3 is 0 Å². The summed E-state index contributed by atoms with van der Waals surface area (Å²) in [6.45, 7) is 23.5. The van der Waals surface area contributed by atoms with Crippen LogP contribution >= 0.6 is 0 Å². The van der Waals surface area contributed by atoms with Gasteiger partial charge in [-0.25, -0.2) is 0 Å². The van der Waals surface area contributed by atoms with E-state index in [-0.39, 0.29) is 0 Å². The van der Waals surface area contributed by atoms with Crippen LogP contribution in [0.4, 0.5) is 0 Å². The summed E-state index contributed by atoms with van der Waals surface area (Å²) in [5.41, 5.74) is 20.8. The molecule has 0 bridgehead atoms. The number of rotatable bonds is 0. The Morgan fingerprint density at radius 2 is 0.618 bits per heavy atom. The maximum absolute atomic E-state index is 2.46. The van der Waals surface area contributed by atoms with Gasteiger partial charge in [0.2, 0.25) is 0 Å². The molecule has 2 aliphatic carbocycles. The van der Waals surface area contributed by atoms with Gasteiger partial charge in [-0.1, -0.05) is 23.3 Å². The molecule has 0 spiro atoms. The van der Waals surface area contributed by atoms with Crippen molar-refractivity contribution in [1.82, 2.24) is 0 Å². The maximum Gasteiger partial charge on any atom is -0.00576 e. The van der Waals surface area contributed by atoms with Crippen LogP contribution in [0, 0.1) is 55.4 Å². The first-order valence-electron chi connectivity index (χ1n) is 12.8. The van der Waals surface area contributed by atoms with Crippen LogP contribution in [0.1, 0.15) is 80.6 Å². The van der Waals surface area contributed by atoms with Gasteiger partial charge in [-0.05, 0) is 181 Å². The van der Waals surface area contributed by atoms with Crippen LogP contribution in [0.15, 0.2) is 11.1 Å². The highest BCUT2D eigenvalue weighted by Gasteiger charge is 2.27. The van der Waals surface area contributed by atoms with Crippen molar-refractivity contribution in [3.63, 3.8) is 0 Å². The number of aryl methyl sites for hydroxylation is 6. The monoisotopic (exact) mass is 444 g/mol. The van der Waals surface area contributed by atoms with E-state index in [4.69, 9.17) is 0 Å². The molecule has 0 aliphatic heterocycles. The topological polar surface area (TPSA) is 0 Å². The first-order chi connectivity index (χ1) is 16.0.